The highest BCUT2D eigenvalue weighted by Gasteiger charge is 2.29. The van der Waals surface area contributed by atoms with Crippen molar-refractivity contribution in [2.75, 3.05) is 10.6 Å². The van der Waals surface area contributed by atoms with Gasteiger partial charge in [0.2, 0.25) is 15.9 Å². The molecular weight excluding hydrogens is 387 g/mol. The molecule has 28 heavy (non-hydrogen) atoms. The first-order chi connectivity index (χ1) is 13.1. The van der Waals surface area contributed by atoms with E-state index in [9.17, 15) is 22.4 Å². The summed E-state index contributed by atoms with van der Waals surface area (Å²) in [6.45, 7) is 3.32. The van der Waals surface area contributed by atoms with E-state index in [1.165, 1.54) is 36.4 Å². The number of amides is 3. The molecule has 10 heteroatoms. The lowest BCUT2D eigenvalue weighted by atomic mass is 10.0. The van der Waals surface area contributed by atoms with Crippen molar-refractivity contribution in [3.05, 3.63) is 54.3 Å². The van der Waals surface area contributed by atoms with Crippen LogP contribution in [0.15, 0.2) is 53.4 Å². The lowest BCUT2D eigenvalue weighted by Gasteiger charge is -2.22. The van der Waals surface area contributed by atoms with Crippen molar-refractivity contribution >= 4 is 33.3 Å². The minimum absolute atomic E-state index is 0.385. The van der Waals surface area contributed by atoms with Gasteiger partial charge in [-0.3, -0.25) is 4.79 Å². The molecule has 2 aromatic carbocycles. The van der Waals surface area contributed by atoms with Crippen molar-refractivity contribution in [1.29, 1.82) is 0 Å². The highest BCUT2D eigenvalue weighted by atomic mass is 32.2. The number of urea groups is 1. The van der Waals surface area contributed by atoms with Gasteiger partial charge in [-0.15, -0.1) is 0 Å². The van der Waals surface area contributed by atoms with E-state index in [0.717, 1.165) is 12.1 Å². The van der Waals surface area contributed by atoms with Crippen molar-refractivity contribution < 1.29 is 22.4 Å². The van der Waals surface area contributed by atoms with Crippen LogP contribution in [0.25, 0.3) is 0 Å². The molecule has 0 aliphatic heterocycles. The molecule has 0 fully saturated rings. The number of carbonyl (C=O) groups is 2. The van der Waals surface area contributed by atoms with Crippen LogP contribution in [0.2, 0.25) is 0 Å². The second kappa shape index (κ2) is 8.81. The molecule has 0 aromatic heterocycles. The van der Waals surface area contributed by atoms with Gasteiger partial charge in [0.05, 0.1) is 0 Å². The van der Waals surface area contributed by atoms with Crippen molar-refractivity contribution in [3.8, 4) is 0 Å². The Labute approximate surface area is 162 Å². The van der Waals surface area contributed by atoms with E-state index >= 15 is 0 Å². The van der Waals surface area contributed by atoms with Gasteiger partial charge in [0.25, 0.3) is 0 Å². The molecule has 0 radical (unpaired) electrons. The summed E-state index contributed by atoms with van der Waals surface area (Å²) < 4.78 is 41.1. The van der Waals surface area contributed by atoms with Crippen LogP contribution in [0.4, 0.5) is 20.6 Å². The maximum atomic E-state index is 13.9. The van der Waals surface area contributed by atoms with E-state index in [0.29, 0.717) is 11.4 Å². The number of hydrogen-bond acceptors (Lipinski definition) is 4. The van der Waals surface area contributed by atoms with E-state index in [4.69, 9.17) is 5.73 Å². The SMILES string of the molecule is CC(C)[C@H](NS(=O)(=O)c1ccccc1F)C(=O)Nc1ccc(NC(N)=O)cc1. The molecule has 2 rings (SSSR count). The molecule has 0 spiro atoms. The molecule has 3 amide bonds. The van der Waals surface area contributed by atoms with Gasteiger partial charge in [-0.2, -0.15) is 4.72 Å². The summed E-state index contributed by atoms with van der Waals surface area (Å²) in [6.07, 6.45) is 0. The molecule has 0 unspecified atom stereocenters. The average Bonchev–Trinajstić information content (AvgIpc) is 2.61. The second-order valence-corrected chi connectivity index (χ2v) is 8.01. The van der Waals surface area contributed by atoms with Gasteiger partial charge >= 0.3 is 6.03 Å². The van der Waals surface area contributed by atoms with Crippen molar-refractivity contribution in [1.82, 2.24) is 4.72 Å². The summed E-state index contributed by atoms with van der Waals surface area (Å²) in [5.74, 6) is -1.92. The van der Waals surface area contributed by atoms with Gasteiger partial charge in [0.15, 0.2) is 0 Å². The number of sulfonamides is 1. The number of halogens is 1. The lowest BCUT2D eigenvalue weighted by molar-refractivity contribution is -0.118. The van der Waals surface area contributed by atoms with Crippen LogP contribution >= 0.6 is 0 Å². The molecule has 0 heterocycles. The number of benzene rings is 2. The minimum atomic E-state index is -4.24. The highest BCUT2D eigenvalue weighted by Crippen LogP contribution is 2.18. The molecule has 0 aliphatic carbocycles. The topological polar surface area (TPSA) is 130 Å². The van der Waals surface area contributed by atoms with E-state index in [2.05, 4.69) is 15.4 Å². The Bertz CT molecular complexity index is 962. The first-order valence-electron chi connectivity index (χ1n) is 8.34. The Morgan fingerprint density at radius 2 is 1.50 bits per heavy atom. The predicted molar refractivity (Wildman–Crippen MR) is 104 cm³/mol. The Hall–Kier alpha value is -2.98. The first-order valence-corrected chi connectivity index (χ1v) is 9.82. The predicted octanol–water partition coefficient (Wildman–Crippen LogP) is 2.26. The fourth-order valence-corrected chi connectivity index (χ4v) is 3.81. The summed E-state index contributed by atoms with van der Waals surface area (Å²) in [5, 5.41) is 4.97. The first kappa shape index (κ1) is 21.3. The number of primary amides is 1. The third kappa shape index (κ3) is 5.51. The van der Waals surface area contributed by atoms with Crippen LogP contribution in [0.1, 0.15) is 13.8 Å². The molecule has 1 atom stereocenters. The largest absolute Gasteiger partial charge is 0.351 e. The molecular formula is C18H21FN4O4S. The molecule has 0 saturated heterocycles. The number of nitrogens with two attached hydrogens (primary N) is 1. The average molecular weight is 408 g/mol. The number of rotatable bonds is 7. The van der Waals surface area contributed by atoms with Crippen LogP contribution < -0.4 is 21.1 Å². The maximum absolute atomic E-state index is 13.9. The van der Waals surface area contributed by atoms with Crippen molar-refractivity contribution in [3.63, 3.8) is 0 Å². The minimum Gasteiger partial charge on any atom is -0.351 e. The molecule has 0 bridgehead atoms. The third-order valence-corrected chi connectivity index (χ3v) is 5.25. The van der Waals surface area contributed by atoms with Crippen molar-refractivity contribution in [2.24, 2.45) is 11.7 Å². The standard InChI is InChI=1S/C18H21FN4O4S/c1-11(2)16(23-28(26,27)15-6-4-3-5-14(15)19)17(24)21-12-7-9-13(10-8-12)22-18(20)25/h3-11,16,23H,1-2H3,(H,21,24)(H3,20,22,25)/t16-/m0/s1. The van der Waals surface area contributed by atoms with E-state index in [1.807, 2.05) is 0 Å². The molecule has 8 nitrogen and oxygen atoms in total. The van der Waals surface area contributed by atoms with E-state index in [1.54, 1.807) is 13.8 Å². The fraction of sp³-hybridized carbons (Fsp3) is 0.222. The smallest absolute Gasteiger partial charge is 0.316 e. The van der Waals surface area contributed by atoms with Crippen molar-refractivity contribution in [2.45, 2.75) is 24.8 Å². The van der Waals surface area contributed by atoms with E-state index in [-0.39, 0.29) is 0 Å². The molecule has 150 valence electrons. The highest BCUT2D eigenvalue weighted by molar-refractivity contribution is 7.89. The Balaban J connectivity index is 2.16. The Morgan fingerprint density at radius 1 is 0.964 bits per heavy atom. The lowest BCUT2D eigenvalue weighted by Crippen LogP contribution is -2.47. The Morgan fingerprint density at radius 3 is 2.00 bits per heavy atom. The number of carbonyl (C=O) groups excluding carboxylic acids is 2. The van der Waals surface area contributed by atoms with Crippen LogP contribution in [0, 0.1) is 11.7 Å². The Kier molecular flexibility index (Phi) is 6.71. The van der Waals surface area contributed by atoms with Gasteiger partial charge < -0.3 is 16.4 Å². The molecule has 2 aromatic rings. The van der Waals surface area contributed by atoms with Gasteiger partial charge in [-0.05, 0) is 42.3 Å². The fourth-order valence-electron chi connectivity index (χ4n) is 2.38. The summed E-state index contributed by atoms with van der Waals surface area (Å²) >= 11 is 0. The van der Waals surface area contributed by atoms with Crippen LogP contribution in [0.3, 0.4) is 0 Å². The summed E-state index contributed by atoms with van der Waals surface area (Å²) in [4.78, 5) is 22.9. The zero-order valence-corrected chi connectivity index (χ0v) is 16.1. The molecule has 0 aliphatic rings. The second-order valence-electron chi connectivity index (χ2n) is 6.33. The van der Waals surface area contributed by atoms with Gasteiger partial charge in [0.1, 0.15) is 16.8 Å². The summed E-state index contributed by atoms with van der Waals surface area (Å²) in [5.41, 5.74) is 5.84. The van der Waals surface area contributed by atoms with Crippen LogP contribution in [-0.2, 0) is 14.8 Å². The van der Waals surface area contributed by atoms with Gasteiger partial charge in [-0.25, -0.2) is 17.6 Å². The molecule has 5 N–H and O–H groups in total. The monoisotopic (exact) mass is 408 g/mol. The van der Waals surface area contributed by atoms with Gasteiger partial charge in [-0.1, -0.05) is 26.0 Å². The zero-order chi connectivity index (χ0) is 20.9. The van der Waals surface area contributed by atoms with Crippen LogP contribution in [0.5, 0.6) is 0 Å². The quantitative estimate of drug-likeness (QED) is 0.560. The third-order valence-electron chi connectivity index (χ3n) is 3.78. The number of hydrogen-bond donors (Lipinski definition) is 4. The normalized spacial score (nSPS) is 12.4. The zero-order valence-electron chi connectivity index (χ0n) is 15.3. The maximum Gasteiger partial charge on any atom is 0.316 e. The molecule has 0 saturated carbocycles. The number of anilines is 2. The summed E-state index contributed by atoms with van der Waals surface area (Å²) in [6, 6.07) is 9.15. The summed E-state index contributed by atoms with van der Waals surface area (Å²) in [7, 11) is -4.24. The van der Waals surface area contributed by atoms with Gasteiger partial charge in [0, 0.05) is 11.4 Å². The van der Waals surface area contributed by atoms with E-state index < -0.39 is 44.6 Å². The van der Waals surface area contributed by atoms with Crippen LogP contribution in [-0.4, -0.2) is 26.4 Å². The number of nitrogens with one attached hydrogen (secondary N) is 3.